The molecule has 1 fully saturated rings. The first-order chi connectivity index (χ1) is 8.80. The smallest absolute Gasteiger partial charge is 0.323 e. The van der Waals surface area contributed by atoms with E-state index in [1.165, 1.54) is 14.2 Å². The molecule has 0 unspecified atom stereocenters. The van der Waals surface area contributed by atoms with Gasteiger partial charge in [-0.3, -0.25) is 14.4 Å². The highest BCUT2D eigenvalue weighted by Gasteiger charge is 2.62. The van der Waals surface area contributed by atoms with Crippen molar-refractivity contribution in [3.63, 3.8) is 0 Å². The van der Waals surface area contributed by atoms with Crippen molar-refractivity contribution in [2.75, 3.05) is 14.2 Å². The second-order valence-corrected chi connectivity index (χ2v) is 5.68. The van der Waals surface area contributed by atoms with Crippen LogP contribution in [0, 0.1) is 10.8 Å². The topological polar surface area (TPSA) is 69.7 Å². The van der Waals surface area contributed by atoms with E-state index in [1.54, 1.807) is 6.92 Å². The van der Waals surface area contributed by atoms with Crippen LogP contribution < -0.4 is 0 Å². The zero-order valence-corrected chi connectivity index (χ0v) is 11.7. The first-order valence-corrected chi connectivity index (χ1v) is 6.21. The molecule has 0 spiro atoms. The summed E-state index contributed by atoms with van der Waals surface area (Å²) in [6.45, 7) is 3.68. The van der Waals surface area contributed by atoms with Crippen LogP contribution in [0.4, 0.5) is 0 Å². The number of methoxy groups -OCH3 is 2. The fourth-order valence-corrected chi connectivity index (χ4v) is 3.52. The van der Waals surface area contributed by atoms with Gasteiger partial charge in [-0.1, -0.05) is 12.5 Å². The van der Waals surface area contributed by atoms with Gasteiger partial charge in [-0.15, -0.1) is 0 Å². The summed E-state index contributed by atoms with van der Waals surface area (Å²) < 4.78 is 9.57. The van der Waals surface area contributed by atoms with Crippen LogP contribution in [0.15, 0.2) is 11.1 Å². The summed E-state index contributed by atoms with van der Waals surface area (Å²) in [5.41, 5.74) is -0.149. The van der Waals surface area contributed by atoms with Gasteiger partial charge in [-0.25, -0.2) is 0 Å². The predicted octanol–water partition coefficient (Wildman–Crippen LogP) is 1.41. The third kappa shape index (κ3) is 1.71. The second kappa shape index (κ2) is 4.18. The summed E-state index contributed by atoms with van der Waals surface area (Å²) >= 11 is 0. The van der Waals surface area contributed by atoms with Crippen molar-refractivity contribution < 1.29 is 23.9 Å². The molecule has 0 amide bonds. The van der Waals surface area contributed by atoms with Gasteiger partial charge in [0.05, 0.1) is 14.2 Å². The summed E-state index contributed by atoms with van der Waals surface area (Å²) in [5, 5.41) is 0. The number of carbonyl (C=O) groups is 3. The summed E-state index contributed by atoms with van der Waals surface area (Å²) in [6.07, 6.45) is 0.849. The second-order valence-electron chi connectivity index (χ2n) is 5.68. The van der Waals surface area contributed by atoms with Crippen molar-refractivity contribution in [1.82, 2.24) is 0 Å². The number of carbonyl (C=O) groups excluding carboxylic acids is 3. The van der Waals surface area contributed by atoms with Crippen LogP contribution in [-0.2, 0) is 23.9 Å². The Morgan fingerprint density at radius 3 is 2.05 bits per heavy atom. The molecule has 1 atom stereocenters. The van der Waals surface area contributed by atoms with Gasteiger partial charge in [0.1, 0.15) is 0 Å². The SMILES string of the molecule is COC(=O)C1(C(=O)OC)CC2=C(C)C(=O)C[C@@]2(C)C1. The van der Waals surface area contributed by atoms with E-state index in [9.17, 15) is 14.4 Å². The Labute approximate surface area is 111 Å². The first kappa shape index (κ1) is 13.8. The molecule has 5 nitrogen and oxygen atoms in total. The Balaban J connectivity index is 2.50. The van der Waals surface area contributed by atoms with Crippen LogP contribution in [0.2, 0.25) is 0 Å². The van der Waals surface area contributed by atoms with Crippen molar-refractivity contribution in [1.29, 1.82) is 0 Å². The molecule has 2 aliphatic carbocycles. The fourth-order valence-electron chi connectivity index (χ4n) is 3.52. The minimum absolute atomic E-state index is 0.0980. The highest BCUT2D eigenvalue weighted by molar-refractivity contribution is 6.05. The van der Waals surface area contributed by atoms with Crippen LogP contribution in [-0.4, -0.2) is 31.9 Å². The lowest BCUT2D eigenvalue weighted by Gasteiger charge is -2.25. The molecule has 1 saturated carbocycles. The minimum atomic E-state index is -1.30. The number of hydrogen-bond acceptors (Lipinski definition) is 5. The van der Waals surface area contributed by atoms with Crippen LogP contribution in [0.1, 0.15) is 33.1 Å². The van der Waals surface area contributed by atoms with Crippen LogP contribution in [0.5, 0.6) is 0 Å². The summed E-state index contributed by atoms with van der Waals surface area (Å²) in [5.74, 6) is -1.06. The Hall–Kier alpha value is -1.65. The first-order valence-electron chi connectivity index (χ1n) is 6.21. The summed E-state index contributed by atoms with van der Waals surface area (Å²) in [6, 6.07) is 0. The van der Waals surface area contributed by atoms with Crippen LogP contribution in [0.25, 0.3) is 0 Å². The largest absolute Gasteiger partial charge is 0.468 e. The summed E-state index contributed by atoms with van der Waals surface area (Å²) in [7, 11) is 2.52. The maximum atomic E-state index is 12.1. The van der Waals surface area contributed by atoms with E-state index >= 15 is 0 Å². The van der Waals surface area contributed by atoms with Gasteiger partial charge in [0.25, 0.3) is 0 Å². The molecule has 0 saturated heterocycles. The Morgan fingerprint density at radius 1 is 1.11 bits per heavy atom. The number of ketones is 1. The van der Waals surface area contributed by atoms with Gasteiger partial charge >= 0.3 is 11.9 Å². The zero-order chi connectivity index (χ0) is 14.4. The fraction of sp³-hybridized carbons (Fsp3) is 0.643. The molecule has 19 heavy (non-hydrogen) atoms. The van der Waals surface area contributed by atoms with E-state index in [-0.39, 0.29) is 18.6 Å². The molecule has 2 aliphatic rings. The van der Waals surface area contributed by atoms with Crippen molar-refractivity contribution in [3.8, 4) is 0 Å². The minimum Gasteiger partial charge on any atom is -0.468 e. The molecular weight excluding hydrogens is 248 g/mol. The van der Waals surface area contributed by atoms with Gasteiger partial charge in [0.15, 0.2) is 11.2 Å². The molecule has 0 aromatic heterocycles. The average molecular weight is 266 g/mol. The normalized spacial score (nSPS) is 28.3. The molecule has 0 aromatic carbocycles. The van der Waals surface area contributed by atoms with Gasteiger partial charge in [-0.05, 0) is 30.8 Å². The highest BCUT2D eigenvalue weighted by atomic mass is 16.5. The van der Waals surface area contributed by atoms with E-state index in [2.05, 4.69) is 0 Å². The maximum Gasteiger partial charge on any atom is 0.323 e. The predicted molar refractivity (Wildman–Crippen MR) is 66.1 cm³/mol. The lowest BCUT2D eigenvalue weighted by molar-refractivity contribution is -0.169. The van der Waals surface area contributed by atoms with E-state index in [4.69, 9.17) is 9.47 Å². The molecule has 0 N–H and O–H groups in total. The Morgan fingerprint density at radius 2 is 1.63 bits per heavy atom. The van der Waals surface area contributed by atoms with E-state index < -0.39 is 22.8 Å². The molecule has 5 heteroatoms. The molecule has 0 aliphatic heterocycles. The standard InChI is InChI=1S/C14H18O5/c1-8-9-5-14(11(16)18-3,12(17)19-4)7-13(9,2)6-10(8)15/h5-7H2,1-4H3/t13-/m0/s1. The number of Topliss-reactive ketones (excluding diaryl/α,β-unsaturated/α-hetero) is 1. The van der Waals surface area contributed by atoms with Crippen molar-refractivity contribution in [3.05, 3.63) is 11.1 Å². The highest BCUT2D eigenvalue weighted by Crippen LogP contribution is 2.59. The molecule has 0 aromatic rings. The van der Waals surface area contributed by atoms with Crippen LogP contribution >= 0.6 is 0 Å². The van der Waals surface area contributed by atoms with E-state index in [0.717, 1.165) is 5.57 Å². The number of ether oxygens (including phenoxy) is 2. The molecular formula is C14H18O5. The zero-order valence-electron chi connectivity index (χ0n) is 11.7. The lowest BCUT2D eigenvalue weighted by Crippen LogP contribution is -2.40. The number of allylic oxidation sites excluding steroid dienone is 2. The molecule has 0 heterocycles. The molecule has 0 radical (unpaired) electrons. The van der Waals surface area contributed by atoms with E-state index in [1.807, 2.05) is 6.92 Å². The summed E-state index contributed by atoms with van der Waals surface area (Å²) in [4.78, 5) is 35.9. The maximum absolute atomic E-state index is 12.1. The van der Waals surface area contributed by atoms with E-state index in [0.29, 0.717) is 12.0 Å². The van der Waals surface area contributed by atoms with Crippen LogP contribution in [0.3, 0.4) is 0 Å². The third-order valence-corrected chi connectivity index (χ3v) is 4.47. The molecule has 2 rings (SSSR count). The van der Waals surface area contributed by atoms with Gasteiger partial charge in [-0.2, -0.15) is 0 Å². The van der Waals surface area contributed by atoms with Crippen molar-refractivity contribution in [2.45, 2.75) is 33.1 Å². The molecule has 104 valence electrons. The number of rotatable bonds is 2. The third-order valence-electron chi connectivity index (χ3n) is 4.47. The number of fused-ring (bicyclic) bond motifs is 1. The quantitative estimate of drug-likeness (QED) is 0.558. The number of esters is 2. The Bertz CT molecular complexity index is 486. The average Bonchev–Trinajstić information content (AvgIpc) is 2.79. The van der Waals surface area contributed by atoms with Gasteiger partial charge in [0.2, 0.25) is 0 Å². The lowest BCUT2D eigenvalue weighted by atomic mass is 9.79. The van der Waals surface area contributed by atoms with Crippen molar-refractivity contribution in [2.24, 2.45) is 10.8 Å². The van der Waals surface area contributed by atoms with Gasteiger partial charge < -0.3 is 9.47 Å². The van der Waals surface area contributed by atoms with Crippen molar-refractivity contribution >= 4 is 17.7 Å². The monoisotopic (exact) mass is 266 g/mol. The van der Waals surface area contributed by atoms with Gasteiger partial charge in [0, 0.05) is 6.42 Å². The molecule has 0 bridgehead atoms. The Kier molecular flexibility index (Phi) is 3.03. The number of hydrogen-bond donors (Lipinski definition) is 0.